The summed E-state index contributed by atoms with van der Waals surface area (Å²) in [6.45, 7) is 2.60. The van der Waals surface area contributed by atoms with Crippen molar-refractivity contribution in [2.75, 3.05) is 6.54 Å². The van der Waals surface area contributed by atoms with Crippen LogP contribution in [0.15, 0.2) is 12.2 Å². The van der Waals surface area contributed by atoms with Gasteiger partial charge in [-0.1, -0.05) is 19.1 Å². The van der Waals surface area contributed by atoms with E-state index in [4.69, 9.17) is 5.21 Å². The Morgan fingerprint density at radius 3 is 2.71 bits per heavy atom. The highest BCUT2D eigenvalue weighted by Gasteiger charge is 1.66. The van der Waals surface area contributed by atoms with Gasteiger partial charge >= 0.3 is 0 Å². The van der Waals surface area contributed by atoms with Gasteiger partial charge in [0.05, 0.1) is 0 Å². The summed E-state index contributed by atoms with van der Waals surface area (Å²) in [5, 5.41) is 7.99. The predicted octanol–water partition coefficient (Wildman–Crippen LogP) is 0.931. The van der Waals surface area contributed by atoms with E-state index in [2.05, 4.69) is 0 Å². The molecule has 0 aliphatic rings. The van der Waals surface area contributed by atoms with Crippen molar-refractivity contribution in [2.24, 2.45) is 0 Å². The number of rotatable bonds is 3. The molecule has 2 N–H and O–H groups in total. The van der Waals surface area contributed by atoms with Gasteiger partial charge < -0.3 is 5.21 Å². The fourth-order valence-electron chi connectivity index (χ4n) is 0.303. The van der Waals surface area contributed by atoms with Gasteiger partial charge in [-0.2, -0.15) is 0 Å². The minimum absolute atomic E-state index is 0.549. The monoisotopic (exact) mass is 101 g/mol. The van der Waals surface area contributed by atoms with Crippen molar-refractivity contribution in [1.82, 2.24) is 5.48 Å². The molecule has 2 heteroatoms. The van der Waals surface area contributed by atoms with Crippen LogP contribution in [0.25, 0.3) is 0 Å². The zero-order chi connectivity index (χ0) is 5.54. The van der Waals surface area contributed by atoms with E-state index in [1.165, 1.54) is 0 Å². The van der Waals surface area contributed by atoms with E-state index in [-0.39, 0.29) is 0 Å². The molecule has 0 aliphatic heterocycles. The number of nitrogens with one attached hydrogen (secondary N) is 1. The molecule has 0 heterocycles. The van der Waals surface area contributed by atoms with Crippen molar-refractivity contribution >= 4 is 0 Å². The van der Waals surface area contributed by atoms with Gasteiger partial charge in [-0.3, -0.25) is 0 Å². The third-order valence-electron chi connectivity index (χ3n) is 0.612. The lowest BCUT2D eigenvalue weighted by atomic mass is 10.4. The van der Waals surface area contributed by atoms with E-state index in [0.717, 1.165) is 6.42 Å². The summed E-state index contributed by atoms with van der Waals surface area (Å²) in [6, 6.07) is 0. The summed E-state index contributed by atoms with van der Waals surface area (Å²) in [6.07, 6.45) is 4.89. The number of hydrogen-bond donors (Lipinski definition) is 2. The molecular weight excluding hydrogens is 90.1 g/mol. The van der Waals surface area contributed by atoms with Crippen LogP contribution in [0.2, 0.25) is 0 Å². The first-order chi connectivity index (χ1) is 3.41. The SMILES string of the molecule is CCC=CCNO. The second-order valence-electron chi connectivity index (χ2n) is 1.24. The van der Waals surface area contributed by atoms with E-state index < -0.39 is 0 Å². The van der Waals surface area contributed by atoms with E-state index in [9.17, 15) is 0 Å². The van der Waals surface area contributed by atoms with Crippen molar-refractivity contribution in [2.45, 2.75) is 13.3 Å². The Labute approximate surface area is 43.8 Å². The quantitative estimate of drug-likeness (QED) is 0.409. The van der Waals surface area contributed by atoms with Gasteiger partial charge in [-0.25, -0.2) is 5.48 Å². The van der Waals surface area contributed by atoms with Crippen molar-refractivity contribution in [3.8, 4) is 0 Å². The first kappa shape index (κ1) is 6.66. The van der Waals surface area contributed by atoms with Gasteiger partial charge in [-0.05, 0) is 6.42 Å². The number of allylic oxidation sites excluding steroid dienone is 1. The average Bonchev–Trinajstić information content (AvgIpc) is 1.69. The van der Waals surface area contributed by atoms with Gasteiger partial charge in [0.1, 0.15) is 0 Å². The summed E-state index contributed by atoms with van der Waals surface area (Å²) in [4.78, 5) is 0. The van der Waals surface area contributed by atoms with Crippen LogP contribution < -0.4 is 5.48 Å². The Morgan fingerprint density at radius 2 is 2.29 bits per heavy atom. The van der Waals surface area contributed by atoms with Crippen molar-refractivity contribution in [3.63, 3.8) is 0 Å². The molecule has 42 valence electrons. The standard InChI is InChI=1S/C5H11NO/c1-2-3-4-5-6-7/h3-4,6-7H,2,5H2,1H3. The van der Waals surface area contributed by atoms with Crippen molar-refractivity contribution < 1.29 is 5.21 Å². The molecule has 0 aromatic carbocycles. The summed E-state index contributed by atoms with van der Waals surface area (Å²) < 4.78 is 0. The van der Waals surface area contributed by atoms with Crippen molar-refractivity contribution in [1.29, 1.82) is 0 Å². The molecule has 0 unspecified atom stereocenters. The van der Waals surface area contributed by atoms with Gasteiger partial charge in [0, 0.05) is 6.54 Å². The molecule has 0 aromatic rings. The number of hydroxylamine groups is 1. The lowest BCUT2D eigenvalue weighted by Gasteiger charge is -1.83. The molecule has 0 rings (SSSR count). The van der Waals surface area contributed by atoms with E-state index in [0.29, 0.717) is 6.54 Å². The smallest absolute Gasteiger partial charge is 0.0388 e. The van der Waals surface area contributed by atoms with Crippen LogP contribution in [-0.2, 0) is 0 Å². The molecule has 0 radical (unpaired) electrons. The third-order valence-corrected chi connectivity index (χ3v) is 0.612. The summed E-state index contributed by atoms with van der Waals surface area (Å²) >= 11 is 0. The van der Waals surface area contributed by atoms with Crippen LogP contribution >= 0.6 is 0 Å². The predicted molar refractivity (Wildman–Crippen MR) is 29.2 cm³/mol. The Hall–Kier alpha value is -0.340. The van der Waals surface area contributed by atoms with Crippen molar-refractivity contribution in [3.05, 3.63) is 12.2 Å². The highest BCUT2D eigenvalue weighted by Crippen LogP contribution is 1.75. The second-order valence-corrected chi connectivity index (χ2v) is 1.24. The second kappa shape index (κ2) is 5.66. The van der Waals surface area contributed by atoms with Gasteiger partial charge in [0.15, 0.2) is 0 Å². The average molecular weight is 101 g/mol. The maximum Gasteiger partial charge on any atom is 0.0388 e. The lowest BCUT2D eigenvalue weighted by Crippen LogP contribution is -2.04. The first-order valence-electron chi connectivity index (χ1n) is 2.43. The van der Waals surface area contributed by atoms with Crippen LogP contribution in [0.5, 0.6) is 0 Å². The fourth-order valence-corrected chi connectivity index (χ4v) is 0.303. The minimum atomic E-state index is 0.549. The van der Waals surface area contributed by atoms with Crippen LogP contribution in [0.1, 0.15) is 13.3 Å². The topological polar surface area (TPSA) is 32.3 Å². The molecule has 0 bridgehead atoms. The van der Waals surface area contributed by atoms with Crippen LogP contribution in [0, 0.1) is 0 Å². The highest BCUT2D eigenvalue weighted by atomic mass is 16.5. The molecule has 2 nitrogen and oxygen atoms in total. The lowest BCUT2D eigenvalue weighted by molar-refractivity contribution is 0.179. The Morgan fingerprint density at radius 1 is 1.57 bits per heavy atom. The van der Waals surface area contributed by atoms with Crippen LogP contribution in [0.4, 0.5) is 0 Å². The zero-order valence-electron chi connectivity index (χ0n) is 4.52. The molecule has 0 amide bonds. The highest BCUT2D eigenvalue weighted by molar-refractivity contribution is 4.80. The van der Waals surface area contributed by atoms with Crippen LogP contribution in [0.3, 0.4) is 0 Å². The van der Waals surface area contributed by atoms with E-state index in [1.807, 2.05) is 24.6 Å². The Kier molecular flexibility index (Phi) is 5.39. The maximum absolute atomic E-state index is 7.99. The molecule has 0 fully saturated rings. The molecule has 0 aromatic heterocycles. The summed E-state index contributed by atoms with van der Waals surface area (Å²) in [7, 11) is 0. The van der Waals surface area contributed by atoms with E-state index in [1.54, 1.807) is 0 Å². The van der Waals surface area contributed by atoms with Gasteiger partial charge in [0.25, 0.3) is 0 Å². The molecule has 0 atom stereocenters. The maximum atomic E-state index is 7.99. The Balaban J connectivity index is 2.78. The fraction of sp³-hybridized carbons (Fsp3) is 0.600. The summed E-state index contributed by atoms with van der Waals surface area (Å²) in [5.74, 6) is 0. The molecule has 0 spiro atoms. The first-order valence-corrected chi connectivity index (χ1v) is 2.43. The molecule has 0 saturated heterocycles. The molecule has 7 heavy (non-hydrogen) atoms. The number of hydrogen-bond acceptors (Lipinski definition) is 2. The molecule has 0 saturated carbocycles. The van der Waals surface area contributed by atoms with E-state index >= 15 is 0 Å². The van der Waals surface area contributed by atoms with Gasteiger partial charge in [0.2, 0.25) is 0 Å². The third kappa shape index (κ3) is 5.66. The van der Waals surface area contributed by atoms with Crippen LogP contribution in [-0.4, -0.2) is 11.8 Å². The normalized spacial score (nSPS) is 10.6. The molecular formula is C5H11NO. The Bertz CT molecular complexity index is 52.0. The minimum Gasteiger partial charge on any atom is -0.317 e. The largest absolute Gasteiger partial charge is 0.317 e. The molecule has 0 aliphatic carbocycles. The zero-order valence-corrected chi connectivity index (χ0v) is 4.52. The summed E-state index contributed by atoms with van der Waals surface area (Å²) in [5.41, 5.74) is 2.02. The van der Waals surface area contributed by atoms with Gasteiger partial charge in [-0.15, -0.1) is 0 Å².